The molecule has 1 aliphatic rings. The Hall–Kier alpha value is -1.53. The molecule has 17 heavy (non-hydrogen) atoms. The van der Waals surface area contributed by atoms with Crippen molar-refractivity contribution in [3.8, 4) is 11.8 Å². The van der Waals surface area contributed by atoms with Crippen LogP contribution in [0.25, 0.3) is 0 Å². The van der Waals surface area contributed by atoms with Crippen molar-refractivity contribution in [3.05, 3.63) is 23.8 Å². The van der Waals surface area contributed by atoms with Crippen LogP contribution in [0.3, 0.4) is 0 Å². The maximum atomic E-state index is 10.4. The van der Waals surface area contributed by atoms with Gasteiger partial charge in [-0.15, -0.1) is 0 Å². The number of carbonyl (C=O) groups is 1. The van der Waals surface area contributed by atoms with Crippen LogP contribution in [0.1, 0.15) is 33.6 Å². The van der Waals surface area contributed by atoms with Gasteiger partial charge in [0.15, 0.2) is 0 Å². The molecule has 0 bridgehead atoms. The van der Waals surface area contributed by atoms with Crippen LogP contribution in [-0.2, 0) is 4.79 Å². The van der Waals surface area contributed by atoms with Gasteiger partial charge in [0.2, 0.25) is 0 Å². The normalized spacial score (nSPS) is 27.2. The molecule has 0 aromatic carbocycles. The minimum atomic E-state index is -1.18. The average Bonchev–Trinajstić information content (AvgIpc) is 2.19. The molecule has 92 valence electrons. The molecule has 1 rings (SSSR count). The summed E-state index contributed by atoms with van der Waals surface area (Å²) in [6, 6.07) is 0. The monoisotopic (exact) mass is 234 g/mol. The van der Waals surface area contributed by atoms with E-state index in [0.717, 1.165) is 18.9 Å². The Kier molecular flexibility index (Phi) is 3.79. The summed E-state index contributed by atoms with van der Waals surface area (Å²) in [6.07, 6.45) is 6.45. The second-order valence-electron chi connectivity index (χ2n) is 5.01. The van der Waals surface area contributed by atoms with E-state index in [2.05, 4.69) is 11.8 Å². The molecule has 0 aromatic rings. The number of allylic oxidation sites excluding steroid dienone is 2. The van der Waals surface area contributed by atoms with Crippen LogP contribution in [0, 0.1) is 17.3 Å². The van der Waals surface area contributed by atoms with Crippen LogP contribution in [0.15, 0.2) is 23.8 Å². The highest BCUT2D eigenvalue weighted by molar-refractivity contribution is 5.81. The van der Waals surface area contributed by atoms with E-state index < -0.39 is 11.6 Å². The van der Waals surface area contributed by atoms with Crippen molar-refractivity contribution >= 4 is 5.97 Å². The van der Waals surface area contributed by atoms with E-state index in [4.69, 9.17) is 5.11 Å². The first kappa shape index (κ1) is 13.5. The Morgan fingerprint density at radius 3 is 2.65 bits per heavy atom. The van der Waals surface area contributed by atoms with Crippen molar-refractivity contribution in [2.75, 3.05) is 0 Å². The molecule has 0 aliphatic heterocycles. The highest BCUT2D eigenvalue weighted by Gasteiger charge is 2.41. The maximum Gasteiger partial charge on any atom is 0.329 e. The molecule has 1 atom stereocenters. The van der Waals surface area contributed by atoms with E-state index >= 15 is 0 Å². The van der Waals surface area contributed by atoms with Crippen molar-refractivity contribution in [3.63, 3.8) is 0 Å². The molecule has 2 N–H and O–H groups in total. The zero-order valence-electron chi connectivity index (χ0n) is 10.4. The van der Waals surface area contributed by atoms with Gasteiger partial charge in [0.25, 0.3) is 0 Å². The Balaban J connectivity index is 3.01. The zero-order valence-corrected chi connectivity index (χ0v) is 10.4. The van der Waals surface area contributed by atoms with Crippen molar-refractivity contribution in [1.29, 1.82) is 0 Å². The molecular formula is C14H18O3. The topological polar surface area (TPSA) is 57.5 Å². The summed E-state index contributed by atoms with van der Waals surface area (Å²) in [5.41, 5.74) is -1.07. The molecule has 0 fully saturated rings. The van der Waals surface area contributed by atoms with Gasteiger partial charge in [-0.1, -0.05) is 31.8 Å². The second-order valence-corrected chi connectivity index (χ2v) is 5.01. The van der Waals surface area contributed by atoms with Crippen LogP contribution in [0.4, 0.5) is 0 Å². The van der Waals surface area contributed by atoms with E-state index in [9.17, 15) is 9.90 Å². The van der Waals surface area contributed by atoms with E-state index in [1.165, 1.54) is 0 Å². The molecule has 1 aliphatic carbocycles. The summed E-state index contributed by atoms with van der Waals surface area (Å²) in [4.78, 5) is 10.4. The smallest absolute Gasteiger partial charge is 0.329 e. The molecular weight excluding hydrogens is 216 g/mol. The maximum absolute atomic E-state index is 10.4. The Bertz CT molecular complexity index is 432. The van der Waals surface area contributed by atoms with E-state index in [0.29, 0.717) is 5.57 Å². The summed E-state index contributed by atoms with van der Waals surface area (Å²) >= 11 is 0. The fourth-order valence-electron chi connectivity index (χ4n) is 1.74. The number of carboxylic acids is 1. The van der Waals surface area contributed by atoms with Crippen LogP contribution in [-0.4, -0.2) is 21.8 Å². The van der Waals surface area contributed by atoms with Gasteiger partial charge in [0.1, 0.15) is 5.60 Å². The Labute approximate surface area is 102 Å². The number of hydrogen-bond acceptors (Lipinski definition) is 2. The zero-order chi connectivity index (χ0) is 13.1. The Morgan fingerprint density at radius 1 is 1.47 bits per heavy atom. The summed E-state index contributed by atoms with van der Waals surface area (Å²) in [5.74, 6) is 4.46. The SMILES string of the molecule is C/C(C#CC1(O)C=CCCC1(C)C)=C\C(=O)O. The Morgan fingerprint density at radius 2 is 2.12 bits per heavy atom. The lowest BCUT2D eigenvalue weighted by atomic mass is 9.69. The molecule has 0 heterocycles. The third kappa shape index (κ3) is 3.21. The molecule has 0 spiro atoms. The molecule has 0 amide bonds. The quantitative estimate of drug-likeness (QED) is 0.415. The number of aliphatic carboxylic acids is 1. The minimum absolute atomic E-state index is 0.321. The van der Waals surface area contributed by atoms with Crippen molar-refractivity contribution < 1.29 is 15.0 Å². The number of rotatable bonds is 1. The summed E-state index contributed by atoms with van der Waals surface area (Å²) in [6.45, 7) is 5.53. The lowest BCUT2D eigenvalue weighted by molar-refractivity contribution is -0.131. The van der Waals surface area contributed by atoms with Gasteiger partial charge < -0.3 is 10.2 Å². The minimum Gasteiger partial charge on any atom is -0.478 e. The van der Waals surface area contributed by atoms with Crippen LogP contribution < -0.4 is 0 Å². The van der Waals surface area contributed by atoms with Gasteiger partial charge >= 0.3 is 5.97 Å². The van der Waals surface area contributed by atoms with Crippen molar-refractivity contribution in [2.24, 2.45) is 5.41 Å². The standard InChI is InChI=1S/C14H18O3/c1-11(10-12(15)16)6-9-14(17)8-5-4-7-13(14,2)3/h5,8,10,17H,4,7H2,1-3H3,(H,15,16)/b11-10+. The second kappa shape index (κ2) is 4.77. The summed E-state index contributed by atoms with van der Waals surface area (Å²) < 4.78 is 0. The lowest BCUT2D eigenvalue weighted by Gasteiger charge is -2.39. The first-order valence-corrected chi connectivity index (χ1v) is 5.61. The number of hydrogen-bond donors (Lipinski definition) is 2. The lowest BCUT2D eigenvalue weighted by Crippen LogP contribution is -2.43. The van der Waals surface area contributed by atoms with Gasteiger partial charge in [-0.2, -0.15) is 0 Å². The summed E-state index contributed by atoms with van der Waals surface area (Å²) in [7, 11) is 0. The van der Waals surface area contributed by atoms with Gasteiger partial charge in [0, 0.05) is 17.1 Å². The number of carboxylic acid groups (broad SMARTS) is 1. The average molecular weight is 234 g/mol. The predicted octanol–water partition coefficient (Wildman–Crippen LogP) is 2.13. The molecule has 0 radical (unpaired) electrons. The highest BCUT2D eigenvalue weighted by atomic mass is 16.4. The molecule has 0 aromatic heterocycles. The summed E-state index contributed by atoms with van der Waals surface area (Å²) in [5, 5.41) is 19.0. The van der Waals surface area contributed by atoms with E-state index in [-0.39, 0.29) is 5.41 Å². The predicted molar refractivity (Wildman–Crippen MR) is 66.3 cm³/mol. The van der Waals surface area contributed by atoms with Crippen molar-refractivity contribution in [2.45, 2.75) is 39.2 Å². The largest absolute Gasteiger partial charge is 0.478 e. The molecule has 0 saturated carbocycles. The van der Waals surface area contributed by atoms with Gasteiger partial charge in [0.05, 0.1) is 0 Å². The highest BCUT2D eigenvalue weighted by Crippen LogP contribution is 2.39. The van der Waals surface area contributed by atoms with E-state index in [1.807, 2.05) is 19.9 Å². The first-order valence-electron chi connectivity index (χ1n) is 5.61. The molecule has 1 unspecified atom stereocenters. The third-order valence-corrected chi connectivity index (χ3v) is 3.12. The third-order valence-electron chi connectivity index (χ3n) is 3.12. The van der Waals surface area contributed by atoms with Gasteiger partial charge in [-0.05, 0) is 25.8 Å². The van der Waals surface area contributed by atoms with Crippen LogP contribution >= 0.6 is 0 Å². The van der Waals surface area contributed by atoms with Crippen LogP contribution in [0.2, 0.25) is 0 Å². The fraction of sp³-hybridized carbons (Fsp3) is 0.500. The van der Waals surface area contributed by atoms with Crippen LogP contribution in [0.5, 0.6) is 0 Å². The number of aliphatic hydroxyl groups is 1. The van der Waals surface area contributed by atoms with Gasteiger partial charge in [-0.25, -0.2) is 4.79 Å². The first-order chi connectivity index (χ1) is 7.77. The molecule has 3 nitrogen and oxygen atoms in total. The van der Waals surface area contributed by atoms with Crippen molar-refractivity contribution in [1.82, 2.24) is 0 Å². The molecule has 3 heteroatoms. The van der Waals surface area contributed by atoms with Gasteiger partial charge in [-0.3, -0.25) is 0 Å². The molecule has 0 saturated heterocycles. The fourth-order valence-corrected chi connectivity index (χ4v) is 1.74. The van der Waals surface area contributed by atoms with E-state index in [1.54, 1.807) is 13.0 Å².